The number of aromatic nitrogens is 6. The fourth-order valence-corrected chi connectivity index (χ4v) is 3.40. The van der Waals surface area contributed by atoms with Gasteiger partial charge in [-0.2, -0.15) is 0 Å². The number of benzene rings is 3. The Morgan fingerprint density at radius 3 is 2.57 bits per heavy atom. The highest BCUT2D eigenvalue weighted by Gasteiger charge is 2.17. The van der Waals surface area contributed by atoms with Crippen LogP contribution in [-0.2, 0) is 18.5 Å². The Kier molecular flexibility index (Phi) is 6.79. The Morgan fingerprint density at radius 2 is 1.81 bits per heavy atom. The van der Waals surface area contributed by atoms with Gasteiger partial charge >= 0.3 is 0 Å². The van der Waals surface area contributed by atoms with Crippen LogP contribution >= 0.6 is 0 Å². The van der Waals surface area contributed by atoms with Crippen LogP contribution in [0.5, 0.6) is 17.2 Å². The van der Waals surface area contributed by atoms with Crippen LogP contribution in [0.2, 0.25) is 0 Å². The van der Waals surface area contributed by atoms with Crippen LogP contribution in [0.1, 0.15) is 17.3 Å². The maximum atomic E-state index is 13.5. The van der Waals surface area contributed by atoms with E-state index in [0.29, 0.717) is 34.3 Å². The van der Waals surface area contributed by atoms with Crippen molar-refractivity contribution in [3.8, 4) is 28.7 Å². The van der Waals surface area contributed by atoms with Crippen molar-refractivity contribution in [1.82, 2.24) is 30.4 Å². The summed E-state index contributed by atoms with van der Waals surface area (Å²) in [6.07, 6.45) is 0. The predicted molar refractivity (Wildman–Crippen MR) is 128 cm³/mol. The fourth-order valence-electron chi connectivity index (χ4n) is 3.40. The zero-order valence-electron chi connectivity index (χ0n) is 19.8. The van der Waals surface area contributed by atoms with Crippen molar-refractivity contribution in [2.45, 2.75) is 6.61 Å². The lowest BCUT2D eigenvalue weighted by Crippen LogP contribution is -2.12. The number of hydrogen-bond donors (Lipinski definition) is 0. The number of ether oxygens (including phenoxy) is 2. The summed E-state index contributed by atoms with van der Waals surface area (Å²) in [5.74, 6) is 1.71. The van der Waals surface area contributed by atoms with Gasteiger partial charge in [0.05, 0.1) is 12.7 Å². The van der Waals surface area contributed by atoms with E-state index in [1.165, 1.54) is 23.9 Å². The highest BCUT2D eigenvalue weighted by atomic mass is 19.1. The Balaban J connectivity index is 1.32. The topological polar surface area (TPSA) is 123 Å². The molecule has 0 atom stereocenters. The second kappa shape index (κ2) is 10.6. The monoisotopic (exact) mass is 501 g/mol. The normalized spacial score (nSPS) is 11.4. The molecule has 37 heavy (non-hydrogen) atoms. The molecule has 0 aliphatic carbocycles. The Hall–Kier alpha value is -5.13. The summed E-state index contributed by atoms with van der Waals surface area (Å²) in [4.78, 5) is 5.52. The number of aryl methyl sites for hydroxylation is 1. The number of methoxy groups -OCH3 is 1. The van der Waals surface area contributed by atoms with Gasteiger partial charge in [-0.05, 0) is 34.7 Å². The van der Waals surface area contributed by atoms with Gasteiger partial charge in [-0.15, -0.1) is 15.3 Å². The summed E-state index contributed by atoms with van der Waals surface area (Å²) >= 11 is 0. The van der Waals surface area contributed by atoms with E-state index in [1.807, 2.05) is 30.3 Å². The third-order valence-electron chi connectivity index (χ3n) is 5.13. The number of rotatable bonds is 9. The van der Waals surface area contributed by atoms with Gasteiger partial charge in [-0.25, -0.2) is 9.07 Å². The fraction of sp³-hybridized carbons (Fsp3) is 0.120. The largest absolute Gasteiger partial charge is 0.496 e. The summed E-state index contributed by atoms with van der Waals surface area (Å²) in [6.45, 7) is -0.0856. The molecule has 2 heterocycles. The van der Waals surface area contributed by atoms with Crippen molar-refractivity contribution in [2.24, 2.45) is 12.2 Å². The summed E-state index contributed by atoms with van der Waals surface area (Å²) in [5.41, 5.74) is 1.77. The number of nitrogens with zero attached hydrogens (tertiary/aromatic N) is 7. The predicted octanol–water partition coefficient (Wildman–Crippen LogP) is 4.17. The van der Waals surface area contributed by atoms with E-state index in [0.717, 1.165) is 5.56 Å². The first-order chi connectivity index (χ1) is 18.1. The van der Waals surface area contributed by atoms with E-state index >= 15 is 0 Å². The first-order valence-corrected chi connectivity index (χ1v) is 11.0. The van der Waals surface area contributed by atoms with Crippen LogP contribution in [0.15, 0.2) is 82.4 Å². The highest BCUT2D eigenvalue weighted by molar-refractivity contribution is 6.10. The van der Waals surface area contributed by atoms with Crippen molar-refractivity contribution in [3.63, 3.8) is 0 Å². The van der Waals surface area contributed by atoms with Crippen molar-refractivity contribution in [3.05, 3.63) is 95.9 Å². The van der Waals surface area contributed by atoms with Gasteiger partial charge in [0.2, 0.25) is 5.82 Å². The highest BCUT2D eigenvalue weighted by Crippen LogP contribution is 2.34. The summed E-state index contributed by atoms with van der Waals surface area (Å²) < 4.78 is 31.9. The number of tetrazole rings is 1. The lowest BCUT2D eigenvalue weighted by Gasteiger charge is -2.10. The van der Waals surface area contributed by atoms with Gasteiger partial charge in [0.1, 0.15) is 23.1 Å². The van der Waals surface area contributed by atoms with E-state index < -0.39 is 5.82 Å². The molecule has 0 fully saturated rings. The maximum absolute atomic E-state index is 13.5. The van der Waals surface area contributed by atoms with E-state index in [4.69, 9.17) is 18.7 Å². The number of oxime groups is 1. The molecule has 0 amide bonds. The minimum atomic E-state index is -0.393. The number of hydrogen-bond acceptors (Lipinski definition) is 10. The van der Waals surface area contributed by atoms with Crippen molar-refractivity contribution in [1.29, 1.82) is 0 Å². The minimum absolute atomic E-state index is 0.0856. The van der Waals surface area contributed by atoms with Crippen LogP contribution in [0, 0.1) is 5.82 Å². The van der Waals surface area contributed by atoms with Gasteiger partial charge in [-0.1, -0.05) is 41.6 Å². The minimum Gasteiger partial charge on any atom is -0.496 e. The number of halogens is 1. The molecule has 0 bridgehead atoms. The zero-order valence-corrected chi connectivity index (χ0v) is 19.8. The lowest BCUT2D eigenvalue weighted by atomic mass is 10.1. The quantitative estimate of drug-likeness (QED) is 0.216. The molecular formula is C25H20FN7O4. The second-order valence-electron chi connectivity index (χ2n) is 7.63. The third-order valence-corrected chi connectivity index (χ3v) is 5.13. The molecule has 0 saturated carbocycles. The Bertz CT molecular complexity index is 1540. The average molecular weight is 501 g/mol. The molecular weight excluding hydrogens is 481 g/mol. The van der Waals surface area contributed by atoms with Gasteiger partial charge in [-0.3, -0.25) is 0 Å². The molecule has 186 valence electrons. The van der Waals surface area contributed by atoms with Crippen molar-refractivity contribution in [2.75, 3.05) is 7.11 Å². The molecule has 11 nitrogen and oxygen atoms in total. The van der Waals surface area contributed by atoms with Gasteiger partial charge < -0.3 is 18.7 Å². The molecule has 0 aliphatic rings. The first kappa shape index (κ1) is 23.6. The smallest absolute Gasteiger partial charge is 0.257 e. The lowest BCUT2D eigenvalue weighted by molar-refractivity contribution is 0.111. The van der Waals surface area contributed by atoms with Gasteiger partial charge in [0.15, 0.2) is 12.3 Å². The van der Waals surface area contributed by atoms with E-state index in [1.54, 1.807) is 37.4 Å². The Morgan fingerprint density at radius 1 is 0.973 bits per heavy atom. The molecule has 0 N–H and O–H groups in total. The summed E-state index contributed by atoms with van der Waals surface area (Å²) in [6, 6.07) is 20.3. The standard InChI is InChI=1S/C25H20FN7O4/c1-33-24(28-31-32-33)23(16-7-4-3-5-8-16)30-35-15-22-27-29-25(37-22)20-12-11-19(14-21(20)34-2)36-18-10-6-9-17(26)13-18/h3-14H,15H2,1-2H3/b30-23-. The SMILES string of the molecule is COc1cc(Oc2cccc(F)c2)ccc1-c1nnc(CO/N=C(/c2ccccc2)c2nnnn2C)o1. The first-order valence-electron chi connectivity index (χ1n) is 11.0. The van der Waals surface area contributed by atoms with E-state index in [9.17, 15) is 4.39 Å². The van der Waals surface area contributed by atoms with Crippen molar-refractivity contribution < 1.29 is 23.1 Å². The molecule has 0 saturated heterocycles. The van der Waals surface area contributed by atoms with E-state index in [-0.39, 0.29) is 18.4 Å². The summed E-state index contributed by atoms with van der Waals surface area (Å²) in [7, 11) is 3.21. The zero-order chi connectivity index (χ0) is 25.6. The van der Waals surface area contributed by atoms with Crippen LogP contribution in [0.3, 0.4) is 0 Å². The Labute approximate surface area is 210 Å². The third kappa shape index (κ3) is 5.42. The van der Waals surface area contributed by atoms with Gasteiger partial charge in [0, 0.05) is 24.7 Å². The molecule has 2 aromatic heterocycles. The maximum Gasteiger partial charge on any atom is 0.257 e. The second-order valence-corrected chi connectivity index (χ2v) is 7.63. The van der Waals surface area contributed by atoms with Crippen LogP contribution in [0.4, 0.5) is 4.39 Å². The van der Waals surface area contributed by atoms with Crippen molar-refractivity contribution >= 4 is 5.71 Å². The molecule has 12 heteroatoms. The molecule has 5 rings (SSSR count). The molecule has 5 aromatic rings. The molecule has 0 unspecified atom stereocenters. The molecule has 0 radical (unpaired) electrons. The van der Waals surface area contributed by atoms with E-state index in [2.05, 4.69) is 30.9 Å². The summed E-state index contributed by atoms with van der Waals surface area (Å²) in [5, 5.41) is 23.9. The van der Waals surface area contributed by atoms with Gasteiger partial charge in [0.25, 0.3) is 11.8 Å². The van der Waals surface area contributed by atoms with Crippen LogP contribution < -0.4 is 9.47 Å². The average Bonchev–Trinajstić information content (AvgIpc) is 3.56. The van der Waals surface area contributed by atoms with Crippen LogP contribution in [0.25, 0.3) is 11.5 Å². The molecule has 0 spiro atoms. The van der Waals surface area contributed by atoms with Crippen LogP contribution in [-0.4, -0.2) is 43.2 Å². The molecule has 3 aromatic carbocycles. The molecule has 0 aliphatic heterocycles.